The van der Waals surface area contributed by atoms with Crippen LogP contribution >= 0.6 is 0 Å². The molecule has 0 aliphatic carbocycles. The molecule has 0 bridgehead atoms. The molecule has 1 aromatic rings. The Morgan fingerprint density at radius 2 is 1.95 bits per heavy atom. The van der Waals surface area contributed by atoms with Crippen molar-refractivity contribution in [3.8, 4) is 0 Å². The van der Waals surface area contributed by atoms with E-state index in [4.69, 9.17) is 0 Å². The number of nitrogens with zero attached hydrogens (tertiary/aromatic N) is 1. The maximum Gasteiger partial charge on any atom is 0.295 e. The fraction of sp³-hybridized carbons (Fsp3) is 0.455. The van der Waals surface area contributed by atoms with E-state index in [0.29, 0.717) is 24.3 Å². The highest BCUT2D eigenvalue weighted by Gasteiger charge is 2.25. The number of benzene rings is 1. The summed E-state index contributed by atoms with van der Waals surface area (Å²) < 4.78 is 38.0. The summed E-state index contributed by atoms with van der Waals surface area (Å²) in [5, 5.41) is 13.5. The Hall–Kier alpha value is -1.57. The highest BCUT2D eigenvalue weighted by atomic mass is 32.2. The third-order valence-electron chi connectivity index (χ3n) is 3.01. The molecule has 1 aliphatic heterocycles. The minimum Gasteiger partial charge on any atom is -0.374 e. The SMILES string of the molecule is O=[N+]([O-])c1ccc(F)c(F)c1NC1CCS(=O)CC1. The van der Waals surface area contributed by atoms with E-state index >= 15 is 0 Å². The van der Waals surface area contributed by atoms with Gasteiger partial charge in [-0.1, -0.05) is 0 Å². The Morgan fingerprint density at radius 3 is 2.53 bits per heavy atom. The van der Waals surface area contributed by atoms with Gasteiger partial charge in [0.2, 0.25) is 0 Å². The first-order valence-electron chi connectivity index (χ1n) is 5.73. The predicted molar refractivity (Wildman–Crippen MR) is 67.5 cm³/mol. The molecule has 0 amide bonds. The van der Waals surface area contributed by atoms with E-state index in [1.165, 1.54) is 0 Å². The van der Waals surface area contributed by atoms with Crippen molar-refractivity contribution in [2.75, 3.05) is 16.8 Å². The smallest absolute Gasteiger partial charge is 0.295 e. The molecule has 19 heavy (non-hydrogen) atoms. The van der Waals surface area contributed by atoms with E-state index in [2.05, 4.69) is 5.32 Å². The van der Waals surface area contributed by atoms with E-state index < -0.39 is 38.7 Å². The standard InChI is InChI=1S/C11H12F2N2O3S/c12-8-1-2-9(15(16)17)11(10(8)13)14-7-3-5-19(18)6-4-7/h1-2,7,14H,3-6H2. The van der Waals surface area contributed by atoms with Crippen molar-refractivity contribution in [2.24, 2.45) is 0 Å². The summed E-state index contributed by atoms with van der Waals surface area (Å²) in [4.78, 5) is 10.0. The lowest BCUT2D eigenvalue weighted by atomic mass is 10.1. The average molecular weight is 290 g/mol. The molecule has 1 fully saturated rings. The van der Waals surface area contributed by atoms with Gasteiger partial charge in [-0.2, -0.15) is 0 Å². The normalized spacial score (nSPS) is 23.1. The second-order valence-electron chi connectivity index (χ2n) is 4.28. The fourth-order valence-electron chi connectivity index (χ4n) is 1.97. The molecule has 0 spiro atoms. The second-order valence-corrected chi connectivity index (χ2v) is 5.98. The number of rotatable bonds is 3. The second kappa shape index (κ2) is 5.60. The number of nitrogens with one attached hydrogen (secondary N) is 1. The lowest BCUT2D eigenvalue weighted by Crippen LogP contribution is -2.30. The van der Waals surface area contributed by atoms with Crippen molar-refractivity contribution in [3.05, 3.63) is 33.9 Å². The quantitative estimate of drug-likeness (QED) is 0.684. The topological polar surface area (TPSA) is 72.2 Å². The largest absolute Gasteiger partial charge is 0.374 e. The maximum atomic E-state index is 13.7. The monoisotopic (exact) mass is 290 g/mol. The van der Waals surface area contributed by atoms with E-state index in [0.717, 1.165) is 12.1 Å². The first-order valence-corrected chi connectivity index (χ1v) is 7.21. The van der Waals surface area contributed by atoms with Gasteiger partial charge in [-0.3, -0.25) is 14.3 Å². The first kappa shape index (κ1) is 13.9. The Bertz CT molecular complexity index is 529. The number of halogens is 2. The molecule has 1 saturated heterocycles. The Balaban J connectivity index is 2.25. The van der Waals surface area contributed by atoms with Crippen LogP contribution in [0.5, 0.6) is 0 Å². The van der Waals surface area contributed by atoms with Gasteiger partial charge in [-0.05, 0) is 18.9 Å². The van der Waals surface area contributed by atoms with Crippen LogP contribution in [0.4, 0.5) is 20.2 Å². The molecular weight excluding hydrogens is 278 g/mol. The van der Waals surface area contributed by atoms with Crippen molar-refractivity contribution >= 4 is 22.2 Å². The predicted octanol–water partition coefficient (Wildman–Crippen LogP) is 2.20. The highest BCUT2D eigenvalue weighted by Crippen LogP contribution is 2.30. The molecule has 1 aromatic carbocycles. The van der Waals surface area contributed by atoms with Gasteiger partial charge in [0.15, 0.2) is 17.3 Å². The van der Waals surface area contributed by atoms with Crippen LogP contribution in [-0.2, 0) is 10.8 Å². The zero-order chi connectivity index (χ0) is 14.0. The Kier molecular flexibility index (Phi) is 4.08. The van der Waals surface area contributed by atoms with Gasteiger partial charge < -0.3 is 5.32 Å². The summed E-state index contributed by atoms with van der Waals surface area (Å²) in [7, 11) is -0.884. The number of nitro benzene ring substituents is 1. The lowest BCUT2D eigenvalue weighted by Gasteiger charge is -2.23. The van der Waals surface area contributed by atoms with Crippen LogP contribution in [0.15, 0.2) is 12.1 Å². The van der Waals surface area contributed by atoms with Crippen LogP contribution in [0, 0.1) is 21.7 Å². The van der Waals surface area contributed by atoms with Gasteiger partial charge in [0, 0.05) is 34.4 Å². The maximum absolute atomic E-state index is 13.7. The fourth-order valence-corrected chi connectivity index (χ4v) is 3.27. The third kappa shape index (κ3) is 3.06. The van der Waals surface area contributed by atoms with Gasteiger partial charge in [0.25, 0.3) is 5.69 Å². The molecule has 0 radical (unpaired) electrons. The van der Waals surface area contributed by atoms with Crippen molar-refractivity contribution in [1.29, 1.82) is 0 Å². The summed E-state index contributed by atoms with van der Waals surface area (Å²) in [5.74, 6) is -1.46. The molecule has 2 rings (SSSR count). The van der Waals surface area contributed by atoms with Gasteiger partial charge in [-0.25, -0.2) is 8.78 Å². The summed E-state index contributed by atoms with van der Waals surface area (Å²) >= 11 is 0. The molecule has 1 heterocycles. The molecule has 104 valence electrons. The number of hydrogen-bond acceptors (Lipinski definition) is 4. The van der Waals surface area contributed by atoms with Crippen molar-refractivity contribution in [2.45, 2.75) is 18.9 Å². The van der Waals surface area contributed by atoms with Crippen LogP contribution in [0.3, 0.4) is 0 Å². The molecule has 5 nitrogen and oxygen atoms in total. The van der Waals surface area contributed by atoms with Gasteiger partial charge in [-0.15, -0.1) is 0 Å². The Morgan fingerprint density at radius 1 is 1.32 bits per heavy atom. The van der Waals surface area contributed by atoms with Crippen LogP contribution in [0.25, 0.3) is 0 Å². The molecule has 0 saturated carbocycles. The van der Waals surface area contributed by atoms with Gasteiger partial charge in [0.1, 0.15) is 0 Å². The molecule has 8 heteroatoms. The lowest BCUT2D eigenvalue weighted by molar-refractivity contribution is -0.384. The minimum atomic E-state index is -1.25. The molecule has 0 unspecified atom stereocenters. The molecule has 0 aromatic heterocycles. The molecular formula is C11H12F2N2O3S. The van der Waals surface area contributed by atoms with Crippen molar-refractivity contribution in [3.63, 3.8) is 0 Å². The summed E-state index contributed by atoms with van der Waals surface area (Å²) in [6.07, 6.45) is 1.03. The highest BCUT2D eigenvalue weighted by molar-refractivity contribution is 7.85. The van der Waals surface area contributed by atoms with Crippen LogP contribution in [0.2, 0.25) is 0 Å². The third-order valence-corrected chi connectivity index (χ3v) is 4.39. The zero-order valence-corrected chi connectivity index (χ0v) is 10.7. The summed E-state index contributed by atoms with van der Waals surface area (Å²) in [5.41, 5.74) is -0.923. The number of hydrogen-bond donors (Lipinski definition) is 1. The minimum absolute atomic E-state index is 0.229. The van der Waals surface area contributed by atoms with E-state index in [1.807, 2.05) is 0 Å². The van der Waals surface area contributed by atoms with Crippen molar-refractivity contribution < 1.29 is 17.9 Å². The average Bonchev–Trinajstić information content (AvgIpc) is 2.37. The number of nitro groups is 1. The van der Waals surface area contributed by atoms with E-state index in [9.17, 15) is 23.1 Å². The molecule has 1 N–H and O–H groups in total. The first-order chi connectivity index (χ1) is 8.99. The number of anilines is 1. The Labute approximate surface area is 110 Å². The molecule has 0 atom stereocenters. The van der Waals surface area contributed by atoms with Crippen LogP contribution in [0.1, 0.15) is 12.8 Å². The van der Waals surface area contributed by atoms with Gasteiger partial charge in [0.05, 0.1) is 4.92 Å². The summed E-state index contributed by atoms with van der Waals surface area (Å²) in [6.45, 7) is 0. The van der Waals surface area contributed by atoms with E-state index in [1.54, 1.807) is 0 Å². The van der Waals surface area contributed by atoms with Crippen molar-refractivity contribution in [1.82, 2.24) is 0 Å². The van der Waals surface area contributed by atoms with Crippen LogP contribution < -0.4 is 5.32 Å². The van der Waals surface area contributed by atoms with E-state index in [-0.39, 0.29) is 6.04 Å². The van der Waals surface area contributed by atoms with Gasteiger partial charge >= 0.3 is 0 Å². The zero-order valence-electron chi connectivity index (χ0n) is 9.90. The summed E-state index contributed by atoms with van der Waals surface area (Å²) in [6, 6.07) is 1.43. The van der Waals surface area contributed by atoms with Crippen LogP contribution in [-0.4, -0.2) is 26.7 Å². The molecule has 1 aliphatic rings.